The number of benzene rings is 9. The molecule has 0 spiro atoms. The van der Waals surface area contributed by atoms with Gasteiger partial charge in [-0.25, -0.2) is 0 Å². The molecule has 9 aromatic carbocycles. The zero-order chi connectivity index (χ0) is 36.7. The summed E-state index contributed by atoms with van der Waals surface area (Å²) in [6.07, 6.45) is 0. The fourth-order valence-electron chi connectivity index (χ4n) is 8.85. The SMILES string of the molecule is c1ccc(-n2c3cc(-c4ccc(N(c5cccc6c5sc5ccccc56)c5cccc6c5sc5ccccc56)cc4)ccc3c3c4ccccc4ccc32)cc1. The fraction of sp³-hybridized carbons (Fsp3) is 0. The molecule has 0 atom stereocenters. The van der Waals surface area contributed by atoms with Crippen LogP contribution in [0.3, 0.4) is 0 Å². The molecule has 0 aliphatic rings. The maximum Gasteiger partial charge on any atom is 0.0640 e. The van der Waals surface area contributed by atoms with Gasteiger partial charge in [0.25, 0.3) is 0 Å². The van der Waals surface area contributed by atoms with Crippen LogP contribution >= 0.6 is 22.7 Å². The molecule has 56 heavy (non-hydrogen) atoms. The summed E-state index contributed by atoms with van der Waals surface area (Å²) < 4.78 is 7.63. The summed E-state index contributed by atoms with van der Waals surface area (Å²) >= 11 is 3.76. The third-order valence-corrected chi connectivity index (χ3v) is 13.8. The van der Waals surface area contributed by atoms with Crippen molar-refractivity contribution < 1.29 is 0 Å². The minimum absolute atomic E-state index is 1.13. The molecule has 3 heterocycles. The number of fused-ring (bicyclic) bond motifs is 11. The monoisotopic (exact) mass is 748 g/mol. The fourth-order valence-corrected chi connectivity index (χ4v) is 11.3. The third kappa shape index (κ3) is 4.73. The molecule has 3 aromatic heterocycles. The molecule has 12 aromatic rings. The van der Waals surface area contributed by atoms with Crippen molar-refractivity contribution in [2.24, 2.45) is 0 Å². The number of nitrogens with zero attached hydrogens (tertiary/aromatic N) is 2. The highest BCUT2D eigenvalue weighted by molar-refractivity contribution is 7.27. The van der Waals surface area contributed by atoms with Gasteiger partial charge in [0, 0.05) is 53.1 Å². The summed E-state index contributed by atoms with van der Waals surface area (Å²) in [5, 5.41) is 10.3. The van der Waals surface area contributed by atoms with Crippen LogP contribution in [0.15, 0.2) is 194 Å². The van der Waals surface area contributed by atoms with Gasteiger partial charge in [-0.1, -0.05) is 133 Å². The average Bonchev–Trinajstić information content (AvgIpc) is 3.95. The molecule has 0 unspecified atom stereocenters. The van der Waals surface area contributed by atoms with E-state index < -0.39 is 0 Å². The molecule has 0 amide bonds. The number of hydrogen-bond donors (Lipinski definition) is 0. The molecule has 0 radical (unpaired) electrons. The van der Waals surface area contributed by atoms with Gasteiger partial charge in [0.05, 0.1) is 31.8 Å². The van der Waals surface area contributed by atoms with E-state index in [1.54, 1.807) is 0 Å². The van der Waals surface area contributed by atoms with Crippen molar-refractivity contribution >= 4 is 113 Å². The second-order valence-corrected chi connectivity index (χ2v) is 16.6. The highest BCUT2D eigenvalue weighted by Gasteiger charge is 2.22. The van der Waals surface area contributed by atoms with Crippen molar-refractivity contribution in [3.05, 3.63) is 194 Å². The van der Waals surface area contributed by atoms with Crippen molar-refractivity contribution in [1.82, 2.24) is 4.57 Å². The summed E-state index contributed by atoms with van der Waals surface area (Å²) in [4.78, 5) is 2.49. The molecule has 0 fully saturated rings. The summed E-state index contributed by atoms with van der Waals surface area (Å²) in [6.45, 7) is 0. The van der Waals surface area contributed by atoms with Crippen LogP contribution in [0.2, 0.25) is 0 Å². The predicted octanol–water partition coefficient (Wildman–Crippen LogP) is 15.8. The van der Waals surface area contributed by atoms with E-state index in [4.69, 9.17) is 0 Å². The zero-order valence-corrected chi connectivity index (χ0v) is 31.8. The second kappa shape index (κ2) is 12.4. The minimum Gasteiger partial charge on any atom is -0.309 e. The van der Waals surface area contributed by atoms with E-state index >= 15 is 0 Å². The number of rotatable bonds is 5. The largest absolute Gasteiger partial charge is 0.309 e. The number of thiophene rings is 2. The Balaban J connectivity index is 1.05. The van der Waals surface area contributed by atoms with Gasteiger partial charge in [0.2, 0.25) is 0 Å². The Kier molecular flexibility index (Phi) is 7.00. The van der Waals surface area contributed by atoms with Crippen LogP contribution < -0.4 is 4.90 Å². The molecule has 0 saturated heterocycles. The minimum atomic E-state index is 1.13. The summed E-state index contributed by atoms with van der Waals surface area (Å²) in [6, 6.07) is 71.3. The average molecular weight is 749 g/mol. The van der Waals surface area contributed by atoms with Crippen LogP contribution in [0, 0.1) is 0 Å². The predicted molar refractivity (Wildman–Crippen MR) is 244 cm³/mol. The lowest BCUT2D eigenvalue weighted by atomic mass is 10.0. The molecule has 0 aliphatic heterocycles. The number of para-hydroxylation sites is 1. The first-order valence-corrected chi connectivity index (χ1v) is 20.6. The van der Waals surface area contributed by atoms with E-state index in [0.717, 1.165) is 11.4 Å². The van der Waals surface area contributed by atoms with E-state index in [2.05, 4.69) is 204 Å². The van der Waals surface area contributed by atoms with Gasteiger partial charge >= 0.3 is 0 Å². The summed E-state index contributed by atoms with van der Waals surface area (Å²) in [5.41, 5.74) is 9.50. The van der Waals surface area contributed by atoms with Crippen molar-refractivity contribution in [2.45, 2.75) is 0 Å². The van der Waals surface area contributed by atoms with Crippen LogP contribution in [0.25, 0.3) is 89.7 Å². The summed E-state index contributed by atoms with van der Waals surface area (Å²) in [5.74, 6) is 0. The standard InChI is InChI=1S/C52H32N2S2/c1-2-13-36(14-3-1)53-44-31-27-34-12-4-5-15-38(34)50(44)43-30-26-35(32-47(43)53)33-24-28-37(29-25-33)54(45-20-10-18-41-39-16-6-8-22-48(39)55-51(41)45)46-21-11-19-42-40-17-7-9-23-49(40)56-52(42)46/h1-32H. The molecular weight excluding hydrogens is 717 g/mol. The van der Waals surface area contributed by atoms with E-state index in [-0.39, 0.29) is 0 Å². The second-order valence-electron chi connectivity index (χ2n) is 14.5. The molecule has 262 valence electrons. The molecular formula is C52H32N2S2. The molecule has 0 saturated carbocycles. The smallest absolute Gasteiger partial charge is 0.0640 e. The van der Waals surface area contributed by atoms with E-state index in [1.807, 2.05) is 22.7 Å². The molecule has 0 N–H and O–H groups in total. The van der Waals surface area contributed by atoms with Crippen LogP contribution in [-0.2, 0) is 0 Å². The maximum absolute atomic E-state index is 2.49. The van der Waals surface area contributed by atoms with Crippen LogP contribution in [0.1, 0.15) is 0 Å². The molecule has 12 rings (SSSR count). The van der Waals surface area contributed by atoms with Crippen molar-refractivity contribution in [3.63, 3.8) is 0 Å². The Hall–Kier alpha value is -6.72. The van der Waals surface area contributed by atoms with Gasteiger partial charge in [-0.15, -0.1) is 22.7 Å². The number of anilines is 3. The first-order chi connectivity index (χ1) is 27.8. The molecule has 4 heteroatoms. The van der Waals surface area contributed by atoms with Crippen molar-refractivity contribution in [3.8, 4) is 16.8 Å². The van der Waals surface area contributed by atoms with Crippen LogP contribution in [0.5, 0.6) is 0 Å². The van der Waals surface area contributed by atoms with Crippen molar-refractivity contribution in [1.29, 1.82) is 0 Å². The Bertz CT molecular complexity index is 3370. The molecule has 0 bridgehead atoms. The van der Waals surface area contributed by atoms with Crippen LogP contribution in [0.4, 0.5) is 17.1 Å². The highest BCUT2D eigenvalue weighted by Crippen LogP contribution is 2.49. The first-order valence-electron chi connectivity index (χ1n) is 19.0. The lowest BCUT2D eigenvalue weighted by molar-refractivity contribution is 1.18. The van der Waals surface area contributed by atoms with Crippen LogP contribution in [-0.4, -0.2) is 4.57 Å². The van der Waals surface area contributed by atoms with Gasteiger partial charge in [-0.3, -0.25) is 0 Å². The lowest BCUT2D eigenvalue weighted by Crippen LogP contribution is -2.10. The van der Waals surface area contributed by atoms with Gasteiger partial charge in [0.15, 0.2) is 0 Å². The lowest BCUT2D eigenvalue weighted by Gasteiger charge is -2.27. The Morgan fingerprint density at radius 3 is 1.62 bits per heavy atom. The Morgan fingerprint density at radius 1 is 0.375 bits per heavy atom. The normalized spacial score (nSPS) is 11.9. The van der Waals surface area contributed by atoms with E-state index in [0.29, 0.717) is 0 Å². The zero-order valence-electron chi connectivity index (χ0n) is 30.2. The molecule has 2 nitrogen and oxygen atoms in total. The van der Waals surface area contributed by atoms with Gasteiger partial charge in [-0.2, -0.15) is 0 Å². The Labute approximate surface area is 331 Å². The maximum atomic E-state index is 2.49. The number of aromatic nitrogens is 1. The summed E-state index contributed by atoms with van der Waals surface area (Å²) in [7, 11) is 0. The van der Waals surface area contributed by atoms with Crippen molar-refractivity contribution in [2.75, 3.05) is 4.90 Å². The Morgan fingerprint density at radius 2 is 0.946 bits per heavy atom. The quantitative estimate of drug-likeness (QED) is 0.170. The third-order valence-electron chi connectivity index (χ3n) is 11.4. The van der Waals surface area contributed by atoms with E-state index in [9.17, 15) is 0 Å². The van der Waals surface area contributed by atoms with Gasteiger partial charge in [-0.05, 0) is 82.6 Å². The number of hydrogen-bond acceptors (Lipinski definition) is 3. The van der Waals surface area contributed by atoms with E-state index in [1.165, 1.54) is 95.4 Å². The van der Waals surface area contributed by atoms with Gasteiger partial charge < -0.3 is 9.47 Å². The molecule has 0 aliphatic carbocycles. The first kappa shape index (κ1) is 31.6. The highest BCUT2D eigenvalue weighted by atomic mass is 32.1. The van der Waals surface area contributed by atoms with Gasteiger partial charge in [0.1, 0.15) is 0 Å². The topological polar surface area (TPSA) is 8.17 Å².